The number of imidazole rings is 1. The van der Waals surface area contributed by atoms with Crippen molar-refractivity contribution in [1.82, 2.24) is 9.55 Å². The molecule has 0 radical (unpaired) electrons. The first-order valence-electron chi connectivity index (χ1n) is 7.71. The predicted octanol–water partition coefficient (Wildman–Crippen LogP) is 3.00. The minimum atomic E-state index is -3.74. The first-order chi connectivity index (χ1) is 11.9. The van der Waals surface area contributed by atoms with Gasteiger partial charge in [-0.15, -0.1) is 0 Å². The number of nitrogens with two attached hydrogens (primary N) is 1. The van der Waals surface area contributed by atoms with Crippen LogP contribution >= 0.6 is 11.8 Å². The van der Waals surface area contributed by atoms with Crippen LogP contribution in [0, 0.1) is 0 Å². The summed E-state index contributed by atoms with van der Waals surface area (Å²) < 4.78 is 30.4. The summed E-state index contributed by atoms with van der Waals surface area (Å²) in [7, 11) is -2.09. The Bertz CT molecular complexity index is 1010. The Balaban J connectivity index is 1.92. The number of primary sulfonamides is 1. The van der Waals surface area contributed by atoms with E-state index >= 15 is 0 Å². The maximum Gasteiger partial charge on any atom is 0.238 e. The van der Waals surface area contributed by atoms with E-state index in [9.17, 15) is 8.42 Å². The van der Waals surface area contributed by atoms with Crippen LogP contribution in [-0.4, -0.2) is 25.1 Å². The molecule has 25 heavy (non-hydrogen) atoms. The molecule has 0 fully saturated rings. The van der Waals surface area contributed by atoms with Gasteiger partial charge in [0.2, 0.25) is 10.0 Å². The number of aryl methyl sites for hydroxylation is 1. The van der Waals surface area contributed by atoms with Crippen molar-refractivity contribution in [3.8, 4) is 5.75 Å². The molecule has 0 saturated heterocycles. The third-order valence-electron chi connectivity index (χ3n) is 3.83. The maximum atomic E-state index is 11.5. The average Bonchev–Trinajstić information content (AvgIpc) is 2.96. The first-order valence-corrected chi connectivity index (χ1v) is 10.2. The molecule has 3 rings (SSSR count). The number of sulfonamides is 1. The standard InChI is InChI=1S/C17H19N3O3S2/c1-3-20-16-8-7-14(25(18,21)22)10-15(16)19-17(20)24-11-12-5-4-6-13(9-12)23-2/h4-10H,3,11H2,1-2H3,(H2,18,21,22). The first kappa shape index (κ1) is 17.8. The number of benzene rings is 2. The van der Waals surface area contributed by atoms with Crippen LogP contribution in [0.25, 0.3) is 11.0 Å². The molecule has 0 aliphatic heterocycles. The highest BCUT2D eigenvalue weighted by atomic mass is 32.2. The highest BCUT2D eigenvalue weighted by Crippen LogP contribution is 2.28. The number of fused-ring (bicyclic) bond motifs is 1. The van der Waals surface area contributed by atoms with Crippen LogP contribution in [0.1, 0.15) is 12.5 Å². The van der Waals surface area contributed by atoms with E-state index in [1.165, 1.54) is 12.1 Å². The molecule has 1 heterocycles. The van der Waals surface area contributed by atoms with E-state index in [-0.39, 0.29) is 4.90 Å². The van der Waals surface area contributed by atoms with Gasteiger partial charge in [-0.1, -0.05) is 23.9 Å². The summed E-state index contributed by atoms with van der Waals surface area (Å²) in [5, 5.41) is 6.05. The van der Waals surface area contributed by atoms with Gasteiger partial charge in [0.05, 0.1) is 23.0 Å². The van der Waals surface area contributed by atoms with Gasteiger partial charge in [0.25, 0.3) is 0 Å². The van der Waals surface area contributed by atoms with Crippen molar-refractivity contribution in [2.45, 2.75) is 29.3 Å². The second-order valence-corrected chi connectivity index (χ2v) is 7.98. The number of aromatic nitrogens is 2. The normalized spacial score (nSPS) is 11.8. The van der Waals surface area contributed by atoms with Crippen LogP contribution in [0.3, 0.4) is 0 Å². The molecule has 0 amide bonds. The van der Waals surface area contributed by atoms with Crippen LogP contribution in [0.4, 0.5) is 0 Å². The third kappa shape index (κ3) is 3.81. The fourth-order valence-electron chi connectivity index (χ4n) is 2.59. The number of ether oxygens (including phenoxy) is 1. The molecule has 0 unspecified atom stereocenters. The molecule has 0 bridgehead atoms. The van der Waals surface area contributed by atoms with Crippen molar-refractivity contribution in [3.05, 3.63) is 48.0 Å². The minimum Gasteiger partial charge on any atom is -0.497 e. The minimum absolute atomic E-state index is 0.0742. The summed E-state index contributed by atoms with van der Waals surface area (Å²) in [6.45, 7) is 2.77. The lowest BCUT2D eigenvalue weighted by Gasteiger charge is -2.07. The van der Waals surface area contributed by atoms with Crippen molar-refractivity contribution in [2.75, 3.05) is 7.11 Å². The van der Waals surface area contributed by atoms with Crippen molar-refractivity contribution in [2.24, 2.45) is 5.14 Å². The van der Waals surface area contributed by atoms with Gasteiger partial charge in [-0.3, -0.25) is 0 Å². The average molecular weight is 377 g/mol. The van der Waals surface area contributed by atoms with Gasteiger partial charge >= 0.3 is 0 Å². The van der Waals surface area contributed by atoms with Gasteiger partial charge in [0.15, 0.2) is 5.16 Å². The van der Waals surface area contributed by atoms with E-state index in [4.69, 9.17) is 9.88 Å². The Labute approximate surface area is 151 Å². The van der Waals surface area contributed by atoms with Gasteiger partial charge < -0.3 is 9.30 Å². The van der Waals surface area contributed by atoms with Gasteiger partial charge in [-0.25, -0.2) is 18.5 Å². The van der Waals surface area contributed by atoms with Crippen LogP contribution < -0.4 is 9.88 Å². The molecule has 0 aliphatic carbocycles. The fraction of sp³-hybridized carbons (Fsp3) is 0.235. The Morgan fingerprint density at radius 2 is 2.04 bits per heavy atom. The van der Waals surface area contributed by atoms with Crippen molar-refractivity contribution < 1.29 is 13.2 Å². The highest BCUT2D eigenvalue weighted by molar-refractivity contribution is 7.98. The van der Waals surface area contributed by atoms with E-state index in [0.29, 0.717) is 5.52 Å². The largest absolute Gasteiger partial charge is 0.497 e. The fourth-order valence-corrected chi connectivity index (χ4v) is 4.15. The van der Waals surface area contributed by atoms with Crippen molar-refractivity contribution >= 4 is 32.8 Å². The van der Waals surface area contributed by atoms with E-state index in [0.717, 1.165) is 34.3 Å². The Morgan fingerprint density at radius 1 is 1.24 bits per heavy atom. The number of thioether (sulfide) groups is 1. The Morgan fingerprint density at radius 3 is 2.72 bits per heavy atom. The monoisotopic (exact) mass is 377 g/mol. The zero-order chi connectivity index (χ0) is 18.0. The van der Waals surface area contributed by atoms with Gasteiger partial charge in [0, 0.05) is 12.3 Å². The number of rotatable bonds is 6. The molecule has 1 aromatic heterocycles. The van der Waals surface area contributed by atoms with Crippen LogP contribution in [0.5, 0.6) is 5.75 Å². The zero-order valence-electron chi connectivity index (χ0n) is 14.0. The van der Waals surface area contributed by atoms with Gasteiger partial charge in [-0.2, -0.15) is 0 Å². The quantitative estimate of drug-likeness (QED) is 0.667. The third-order valence-corrected chi connectivity index (χ3v) is 5.79. The number of nitrogens with zero attached hydrogens (tertiary/aromatic N) is 2. The molecule has 8 heteroatoms. The second kappa shape index (κ2) is 7.07. The topological polar surface area (TPSA) is 87.2 Å². The summed E-state index contributed by atoms with van der Waals surface area (Å²) >= 11 is 1.60. The Kier molecular flexibility index (Phi) is 5.03. The number of hydrogen-bond donors (Lipinski definition) is 1. The molecule has 0 spiro atoms. The summed E-state index contributed by atoms with van der Waals surface area (Å²) in [5.41, 5.74) is 2.65. The molecule has 0 aliphatic rings. The Hall–Kier alpha value is -2.03. The van der Waals surface area contributed by atoms with Gasteiger partial charge in [0.1, 0.15) is 5.75 Å². The number of methoxy groups -OCH3 is 1. The molecular formula is C17H19N3O3S2. The molecule has 0 atom stereocenters. The molecule has 132 valence electrons. The zero-order valence-corrected chi connectivity index (χ0v) is 15.6. The highest BCUT2D eigenvalue weighted by Gasteiger charge is 2.14. The second-order valence-electron chi connectivity index (χ2n) is 5.47. The van der Waals surface area contributed by atoms with Gasteiger partial charge in [-0.05, 0) is 42.8 Å². The SMILES string of the molecule is CCn1c(SCc2cccc(OC)c2)nc2cc(S(N)(=O)=O)ccc21. The van der Waals surface area contributed by atoms with Crippen LogP contribution in [0.15, 0.2) is 52.5 Å². The molecular weight excluding hydrogens is 358 g/mol. The molecule has 6 nitrogen and oxygen atoms in total. The van der Waals surface area contributed by atoms with E-state index in [1.807, 2.05) is 31.2 Å². The van der Waals surface area contributed by atoms with Crippen molar-refractivity contribution in [3.63, 3.8) is 0 Å². The lowest BCUT2D eigenvalue weighted by atomic mass is 10.2. The maximum absolute atomic E-state index is 11.5. The van der Waals surface area contributed by atoms with Crippen LogP contribution in [0.2, 0.25) is 0 Å². The van der Waals surface area contributed by atoms with Crippen LogP contribution in [-0.2, 0) is 22.3 Å². The summed E-state index contributed by atoms with van der Waals surface area (Å²) in [4.78, 5) is 4.66. The summed E-state index contributed by atoms with van der Waals surface area (Å²) in [6, 6.07) is 12.7. The van der Waals surface area contributed by atoms with E-state index < -0.39 is 10.0 Å². The summed E-state index contributed by atoms with van der Waals surface area (Å²) in [6.07, 6.45) is 0. The predicted molar refractivity (Wildman–Crippen MR) is 99.3 cm³/mol. The van der Waals surface area contributed by atoms with E-state index in [2.05, 4.69) is 9.55 Å². The summed E-state index contributed by atoms with van der Waals surface area (Å²) in [5.74, 6) is 1.56. The van der Waals surface area contributed by atoms with Crippen molar-refractivity contribution in [1.29, 1.82) is 0 Å². The molecule has 3 aromatic rings. The molecule has 2 N–H and O–H groups in total. The molecule has 2 aromatic carbocycles. The smallest absolute Gasteiger partial charge is 0.238 e. The molecule has 0 saturated carbocycles. The van der Waals surface area contributed by atoms with E-state index in [1.54, 1.807) is 24.9 Å². The lowest BCUT2D eigenvalue weighted by Crippen LogP contribution is -2.11. The number of hydrogen-bond acceptors (Lipinski definition) is 5. The lowest BCUT2D eigenvalue weighted by molar-refractivity contribution is 0.414.